The molecular weight excluding hydrogens is 444 g/mol. The van der Waals surface area contributed by atoms with E-state index in [1.807, 2.05) is 13.8 Å². The number of carbonyl (C=O) groups excluding carboxylic acids is 3. The maximum atomic E-state index is 12.9. The van der Waals surface area contributed by atoms with Crippen LogP contribution in [0.5, 0.6) is 11.5 Å². The van der Waals surface area contributed by atoms with E-state index in [2.05, 4.69) is 21.2 Å². The van der Waals surface area contributed by atoms with Gasteiger partial charge in [0.05, 0.1) is 30.5 Å². The summed E-state index contributed by atoms with van der Waals surface area (Å²) in [6.45, 7) is 4.44. The summed E-state index contributed by atoms with van der Waals surface area (Å²) in [6, 6.07) is 5.86. The monoisotopic (exact) mass is 462 g/mol. The molecule has 1 aromatic heterocycles. The van der Waals surface area contributed by atoms with Crippen molar-refractivity contribution in [2.75, 3.05) is 13.2 Å². The largest absolute Gasteiger partial charge is 0.493 e. The summed E-state index contributed by atoms with van der Waals surface area (Å²) in [5, 5.41) is 2.18. The molecule has 1 fully saturated rings. The summed E-state index contributed by atoms with van der Waals surface area (Å²) in [4.78, 5) is 38.2. The van der Waals surface area contributed by atoms with Crippen molar-refractivity contribution in [3.63, 3.8) is 0 Å². The Morgan fingerprint density at radius 3 is 2.52 bits per heavy atom. The molecule has 1 aliphatic rings. The lowest BCUT2D eigenvalue weighted by atomic mass is 10.1. The number of furan rings is 1. The van der Waals surface area contributed by atoms with Gasteiger partial charge in [-0.25, -0.2) is 4.79 Å². The van der Waals surface area contributed by atoms with E-state index in [9.17, 15) is 14.4 Å². The number of nitrogens with one attached hydrogen (secondary N) is 1. The van der Waals surface area contributed by atoms with Crippen molar-refractivity contribution in [1.29, 1.82) is 0 Å². The van der Waals surface area contributed by atoms with Gasteiger partial charge in [-0.2, -0.15) is 0 Å². The zero-order chi connectivity index (χ0) is 21.0. The number of imide groups is 2. The van der Waals surface area contributed by atoms with Crippen LogP contribution in [0, 0.1) is 0 Å². The molecule has 0 spiro atoms. The highest BCUT2D eigenvalue weighted by atomic mass is 79.9. The van der Waals surface area contributed by atoms with E-state index in [1.54, 1.807) is 24.3 Å². The Morgan fingerprint density at radius 2 is 1.86 bits per heavy atom. The Labute approximate surface area is 175 Å². The Kier molecular flexibility index (Phi) is 6.38. The van der Waals surface area contributed by atoms with Gasteiger partial charge in [-0.3, -0.25) is 19.8 Å². The predicted molar refractivity (Wildman–Crippen MR) is 107 cm³/mol. The number of ether oxygens (including phenoxy) is 2. The first-order valence-corrected chi connectivity index (χ1v) is 9.74. The number of carbonyl (C=O) groups is 3. The van der Waals surface area contributed by atoms with Crippen molar-refractivity contribution in [3.05, 3.63) is 51.9 Å². The minimum Gasteiger partial charge on any atom is -0.493 e. The maximum absolute atomic E-state index is 12.9. The van der Waals surface area contributed by atoms with E-state index >= 15 is 0 Å². The van der Waals surface area contributed by atoms with Gasteiger partial charge in [-0.05, 0) is 54.1 Å². The first kappa shape index (κ1) is 20.7. The number of amides is 4. The highest BCUT2D eigenvalue weighted by molar-refractivity contribution is 9.10. The van der Waals surface area contributed by atoms with Crippen LogP contribution in [0.25, 0.3) is 6.08 Å². The van der Waals surface area contributed by atoms with Crippen LogP contribution in [0.15, 0.2) is 45.0 Å². The van der Waals surface area contributed by atoms with E-state index in [0.29, 0.717) is 40.5 Å². The lowest BCUT2D eigenvalue weighted by Gasteiger charge is -2.25. The molecule has 8 nitrogen and oxygen atoms in total. The molecule has 1 aliphatic heterocycles. The van der Waals surface area contributed by atoms with Crippen molar-refractivity contribution in [3.8, 4) is 11.5 Å². The van der Waals surface area contributed by atoms with Gasteiger partial charge < -0.3 is 13.9 Å². The second kappa shape index (κ2) is 8.95. The minimum atomic E-state index is -0.800. The fraction of sp³-hybridized carbons (Fsp3) is 0.250. The number of urea groups is 1. The van der Waals surface area contributed by atoms with Gasteiger partial charge >= 0.3 is 6.03 Å². The maximum Gasteiger partial charge on any atom is 0.331 e. The number of halogens is 1. The van der Waals surface area contributed by atoms with E-state index in [1.165, 1.54) is 12.3 Å². The fourth-order valence-electron chi connectivity index (χ4n) is 2.76. The molecule has 9 heteroatoms. The minimum absolute atomic E-state index is 0.0897. The van der Waals surface area contributed by atoms with Gasteiger partial charge in [0, 0.05) is 11.6 Å². The average molecular weight is 463 g/mol. The number of barbiturate groups is 1. The summed E-state index contributed by atoms with van der Waals surface area (Å²) in [7, 11) is 0. The van der Waals surface area contributed by atoms with Crippen LogP contribution < -0.4 is 14.8 Å². The third-order valence-corrected chi connectivity index (χ3v) is 4.66. The number of hydrogen-bond donors (Lipinski definition) is 1. The SMILES string of the molecule is CCOc1cc(OCC)c(C=C2C(=O)NC(=O)N(Cc3ccco3)C2=O)cc1Br. The van der Waals surface area contributed by atoms with Gasteiger partial charge in [0.25, 0.3) is 11.8 Å². The van der Waals surface area contributed by atoms with E-state index < -0.39 is 17.8 Å². The molecule has 1 aromatic carbocycles. The van der Waals surface area contributed by atoms with Gasteiger partial charge in [0.2, 0.25) is 0 Å². The van der Waals surface area contributed by atoms with Gasteiger partial charge in [-0.15, -0.1) is 0 Å². The molecule has 29 heavy (non-hydrogen) atoms. The van der Waals surface area contributed by atoms with Crippen molar-refractivity contribution < 1.29 is 28.3 Å². The standard InChI is InChI=1S/C20H19BrN2O6/c1-3-27-16-10-17(28-4-2)15(21)9-12(16)8-14-18(24)22-20(26)23(19(14)25)11-13-6-5-7-29-13/h5-10H,3-4,11H2,1-2H3,(H,22,24,26). The zero-order valence-electron chi connectivity index (χ0n) is 15.9. The van der Waals surface area contributed by atoms with Gasteiger partial charge in [0.1, 0.15) is 22.8 Å². The summed E-state index contributed by atoms with van der Waals surface area (Å²) in [5.74, 6) is -0.0550. The van der Waals surface area contributed by atoms with Crippen molar-refractivity contribution >= 4 is 39.9 Å². The third kappa shape index (κ3) is 4.51. The lowest BCUT2D eigenvalue weighted by Crippen LogP contribution is -2.53. The van der Waals surface area contributed by atoms with E-state index in [4.69, 9.17) is 13.9 Å². The van der Waals surface area contributed by atoms with Crippen molar-refractivity contribution in [2.24, 2.45) is 0 Å². The number of nitrogens with zero attached hydrogens (tertiary/aromatic N) is 1. The predicted octanol–water partition coefficient (Wildman–Crippen LogP) is 3.50. The van der Waals surface area contributed by atoms with E-state index in [0.717, 1.165) is 4.90 Å². The molecule has 1 saturated heterocycles. The molecule has 0 radical (unpaired) electrons. The summed E-state index contributed by atoms with van der Waals surface area (Å²) < 4.78 is 17.0. The molecule has 0 aliphatic carbocycles. The third-order valence-electron chi connectivity index (χ3n) is 4.04. The number of benzene rings is 1. The summed E-state index contributed by atoms with van der Waals surface area (Å²) in [6.07, 6.45) is 2.83. The second-order valence-corrected chi connectivity index (χ2v) is 6.83. The molecule has 4 amide bonds. The Hall–Kier alpha value is -3.07. The Morgan fingerprint density at radius 1 is 1.14 bits per heavy atom. The zero-order valence-corrected chi connectivity index (χ0v) is 17.4. The van der Waals surface area contributed by atoms with Crippen LogP contribution >= 0.6 is 15.9 Å². The highest BCUT2D eigenvalue weighted by Gasteiger charge is 2.36. The molecule has 2 aromatic rings. The van der Waals surface area contributed by atoms with Crippen LogP contribution in [0.4, 0.5) is 4.79 Å². The van der Waals surface area contributed by atoms with Crippen molar-refractivity contribution in [1.82, 2.24) is 10.2 Å². The first-order chi connectivity index (χ1) is 13.9. The molecular formula is C20H19BrN2O6. The molecule has 0 saturated carbocycles. The Bertz CT molecular complexity index is 968. The smallest absolute Gasteiger partial charge is 0.331 e. The van der Waals surface area contributed by atoms with E-state index in [-0.39, 0.29) is 12.1 Å². The first-order valence-electron chi connectivity index (χ1n) is 8.95. The molecule has 0 atom stereocenters. The molecule has 152 valence electrons. The molecule has 2 heterocycles. The summed E-state index contributed by atoms with van der Waals surface area (Å²) >= 11 is 3.42. The number of rotatable bonds is 7. The molecule has 1 N–H and O–H groups in total. The Balaban J connectivity index is 1.99. The topological polar surface area (TPSA) is 98.1 Å². The van der Waals surface area contributed by atoms with Crippen LogP contribution in [-0.4, -0.2) is 36.0 Å². The molecule has 0 bridgehead atoms. The lowest BCUT2D eigenvalue weighted by molar-refractivity contribution is -0.130. The van der Waals surface area contributed by atoms with Gasteiger partial charge in [-0.1, -0.05) is 0 Å². The fourth-order valence-corrected chi connectivity index (χ4v) is 3.24. The average Bonchev–Trinajstić information content (AvgIpc) is 3.19. The summed E-state index contributed by atoms with van der Waals surface area (Å²) in [5.41, 5.74) is 0.307. The van der Waals surface area contributed by atoms with Crippen molar-refractivity contribution in [2.45, 2.75) is 20.4 Å². The van der Waals surface area contributed by atoms with Crippen LogP contribution in [-0.2, 0) is 16.1 Å². The quantitative estimate of drug-likeness (QED) is 0.499. The van der Waals surface area contributed by atoms with Crippen LogP contribution in [0.1, 0.15) is 25.2 Å². The van der Waals surface area contributed by atoms with Crippen LogP contribution in [0.3, 0.4) is 0 Å². The number of hydrogen-bond acceptors (Lipinski definition) is 6. The highest BCUT2D eigenvalue weighted by Crippen LogP contribution is 2.35. The normalized spacial score (nSPS) is 15.6. The van der Waals surface area contributed by atoms with Crippen LogP contribution in [0.2, 0.25) is 0 Å². The second-order valence-electron chi connectivity index (χ2n) is 5.97. The molecule has 0 unspecified atom stereocenters. The van der Waals surface area contributed by atoms with Gasteiger partial charge in [0.15, 0.2) is 0 Å². The molecule has 3 rings (SSSR count).